The summed E-state index contributed by atoms with van der Waals surface area (Å²) in [6, 6.07) is 10.6. The third-order valence-electron chi connectivity index (χ3n) is 3.88. The Labute approximate surface area is 125 Å². The molecule has 0 aliphatic heterocycles. The molecule has 0 N–H and O–H groups in total. The van der Waals surface area contributed by atoms with Crippen molar-refractivity contribution in [2.45, 2.75) is 57.8 Å². The molecule has 1 aromatic carbocycles. The maximum Gasteiger partial charge on any atom is 0.0563 e. The molecule has 1 heteroatoms. The number of allylic oxidation sites excluding steroid dienone is 1. The van der Waals surface area contributed by atoms with Gasteiger partial charge in [0.05, 0.1) is 6.61 Å². The average Bonchev–Trinajstić information content (AvgIpc) is 2.47. The van der Waals surface area contributed by atoms with Gasteiger partial charge in [-0.05, 0) is 18.4 Å². The first-order chi connectivity index (χ1) is 9.73. The zero-order valence-electron chi connectivity index (χ0n) is 13.2. The molecule has 0 saturated heterocycles. The predicted octanol–water partition coefficient (Wildman–Crippen LogP) is 5.51. The molecule has 1 unspecified atom stereocenters. The summed E-state index contributed by atoms with van der Waals surface area (Å²) in [4.78, 5) is 0. The molecule has 0 aliphatic rings. The van der Waals surface area contributed by atoms with Crippen LogP contribution < -0.4 is 0 Å². The molecular formula is C19H30O. The van der Waals surface area contributed by atoms with E-state index in [1.807, 2.05) is 6.08 Å². The Hall–Kier alpha value is -1.08. The van der Waals surface area contributed by atoms with E-state index in [4.69, 9.17) is 4.74 Å². The van der Waals surface area contributed by atoms with Gasteiger partial charge in [-0.3, -0.25) is 0 Å². The molecule has 0 heterocycles. The highest BCUT2D eigenvalue weighted by molar-refractivity contribution is 5.25. The Balaban J connectivity index is 2.38. The van der Waals surface area contributed by atoms with Gasteiger partial charge in [0, 0.05) is 12.0 Å². The number of rotatable bonds is 11. The predicted molar refractivity (Wildman–Crippen MR) is 88.2 cm³/mol. The van der Waals surface area contributed by atoms with Crippen molar-refractivity contribution in [3.8, 4) is 0 Å². The molecule has 1 aromatic rings. The first kappa shape index (κ1) is 17.0. The summed E-state index contributed by atoms with van der Waals surface area (Å²) in [5.74, 6) is 0. The summed E-state index contributed by atoms with van der Waals surface area (Å²) in [6.07, 6.45) is 9.40. The van der Waals surface area contributed by atoms with Gasteiger partial charge in [0.2, 0.25) is 0 Å². The third kappa shape index (κ3) is 5.92. The first-order valence-corrected chi connectivity index (χ1v) is 7.97. The maximum absolute atomic E-state index is 5.94. The van der Waals surface area contributed by atoms with Crippen LogP contribution in [0.2, 0.25) is 0 Å². The van der Waals surface area contributed by atoms with Crippen LogP contribution in [-0.2, 0) is 10.2 Å². The van der Waals surface area contributed by atoms with Crippen LogP contribution in [0.15, 0.2) is 43.0 Å². The molecule has 0 saturated carbocycles. The Morgan fingerprint density at radius 2 is 1.80 bits per heavy atom. The minimum Gasteiger partial charge on any atom is -0.381 e. The summed E-state index contributed by atoms with van der Waals surface area (Å²) >= 11 is 0. The second-order valence-electron chi connectivity index (χ2n) is 5.89. The van der Waals surface area contributed by atoms with E-state index in [2.05, 4.69) is 50.8 Å². The zero-order chi connectivity index (χ0) is 14.7. The lowest BCUT2D eigenvalue weighted by molar-refractivity contribution is 0.0860. The third-order valence-corrected chi connectivity index (χ3v) is 3.88. The fraction of sp³-hybridized carbons (Fsp3) is 0.579. The van der Waals surface area contributed by atoms with E-state index < -0.39 is 0 Å². The van der Waals surface area contributed by atoms with Crippen LogP contribution in [0.4, 0.5) is 0 Å². The molecule has 0 spiro atoms. The topological polar surface area (TPSA) is 9.23 Å². The molecule has 0 fully saturated rings. The molecule has 1 atom stereocenters. The lowest BCUT2D eigenvalue weighted by atomic mass is 9.80. The van der Waals surface area contributed by atoms with Gasteiger partial charge >= 0.3 is 0 Å². The molecule has 0 aromatic heterocycles. The highest BCUT2D eigenvalue weighted by Gasteiger charge is 2.25. The number of ether oxygens (including phenoxy) is 1. The van der Waals surface area contributed by atoms with Gasteiger partial charge < -0.3 is 4.74 Å². The largest absolute Gasteiger partial charge is 0.381 e. The minimum absolute atomic E-state index is 0.0480. The van der Waals surface area contributed by atoms with Crippen LogP contribution in [-0.4, -0.2) is 13.2 Å². The van der Waals surface area contributed by atoms with Crippen LogP contribution in [0.5, 0.6) is 0 Å². The van der Waals surface area contributed by atoms with E-state index in [1.165, 1.54) is 37.7 Å². The average molecular weight is 274 g/mol. The lowest BCUT2D eigenvalue weighted by Gasteiger charge is -2.29. The lowest BCUT2D eigenvalue weighted by Crippen LogP contribution is -2.28. The molecule has 20 heavy (non-hydrogen) atoms. The van der Waals surface area contributed by atoms with Gasteiger partial charge in [0.15, 0.2) is 0 Å². The molecule has 112 valence electrons. The summed E-state index contributed by atoms with van der Waals surface area (Å²) in [7, 11) is 0. The van der Waals surface area contributed by atoms with Crippen molar-refractivity contribution in [3.63, 3.8) is 0 Å². The Kier molecular flexibility index (Phi) is 8.29. The van der Waals surface area contributed by atoms with E-state index in [0.29, 0.717) is 0 Å². The minimum atomic E-state index is 0.0480. The monoisotopic (exact) mass is 274 g/mol. The van der Waals surface area contributed by atoms with E-state index >= 15 is 0 Å². The highest BCUT2D eigenvalue weighted by Crippen LogP contribution is 2.28. The van der Waals surface area contributed by atoms with Crippen molar-refractivity contribution in [2.75, 3.05) is 13.2 Å². The van der Waals surface area contributed by atoms with Crippen molar-refractivity contribution in [1.82, 2.24) is 0 Å². The summed E-state index contributed by atoms with van der Waals surface area (Å²) < 4.78 is 5.94. The molecule has 0 amide bonds. The number of hydrogen-bond donors (Lipinski definition) is 0. The van der Waals surface area contributed by atoms with E-state index in [1.54, 1.807) is 0 Å². The molecule has 1 rings (SSSR count). The standard InChI is InChI=1S/C19H30O/c1-4-6-7-8-12-16-20-17-19(3,15-5-2)18-13-10-9-11-14-18/h5,9-11,13-14H,2,4,6-8,12,15-17H2,1,3H3. The smallest absolute Gasteiger partial charge is 0.0563 e. The van der Waals surface area contributed by atoms with E-state index in [0.717, 1.165) is 19.6 Å². The second-order valence-corrected chi connectivity index (χ2v) is 5.89. The second kappa shape index (κ2) is 9.77. The Morgan fingerprint density at radius 1 is 1.10 bits per heavy atom. The zero-order valence-corrected chi connectivity index (χ0v) is 13.2. The van der Waals surface area contributed by atoms with Crippen molar-refractivity contribution >= 4 is 0 Å². The van der Waals surface area contributed by atoms with Crippen molar-refractivity contribution < 1.29 is 4.74 Å². The molecule has 0 radical (unpaired) electrons. The molecule has 0 bridgehead atoms. The van der Waals surface area contributed by atoms with Gasteiger partial charge in [-0.2, -0.15) is 0 Å². The van der Waals surface area contributed by atoms with Crippen LogP contribution in [0.1, 0.15) is 57.9 Å². The van der Waals surface area contributed by atoms with Crippen molar-refractivity contribution in [3.05, 3.63) is 48.6 Å². The molecule has 1 nitrogen and oxygen atoms in total. The van der Waals surface area contributed by atoms with Gasteiger partial charge in [0.1, 0.15) is 0 Å². The number of benzene rings is 1. The highest BCUT2D eigenvalue weighted by atomic mass is 16.5. The fourth-order valence-corrected chi connectivity index (χ4v) is 2.52. The van der Waals surface area contributed by atoms with E-state index in [-0.39, 0.29) is 5.41 Å². The fourth-order valence-electron chi connectivity index (χ4n) is 2.52. The van der Waals surface area contributed by atoms with Crippen LogP contribution >= 0.6 is 0 Å². The summed E-state index contributed by atoms with van der Waals surface area (Å²) in [5, 5.41) is 0. The molecule has 0 aliphatic carbocycles. The SMILES string of the molecule is C=CCC(C)(COCCCCCCC)c1ccccc1. The van der Waals surface area contributed by atoms with Crippen molar-refractivity contribution in [1.29, 1.82) is 0 Å². The van der Waals surface area contributed by atoms with Gasteiger partial charge in [-0.15, -0.1) is 6.58 Å². The van der Waals surface area contributed by atoms with Gasteiger partial charge in [0.25, 0.3) is 0 Å². The Bertz CT molecular complexity index is 357. The van der Waals surface area contributed by atoms with Gasteiger partial charge in [-0.25, -0.2) is 0 Å². The normalized spacial score (nSPS) is 13.9. The number of unbranched alkanes of at least 4 members (excludes halogenated alkanes) is 4. The van der Waals surface area contributed by atoms with Crippen molar-refractivity contribution in [2.24, 2.45) is 0 Å². The van der Waals surface area contributed by atoms with Crippen LogP contribution in [0, 0.1) is 0 Å². The Morgan fingerprint density at radius 3 is 2.45 bits per heavy atom. The van der Waals surface area contributed by atoms with E-state index in [9.17, 15) is 0 Å². The summed E-state index contributed by atoms with van der Waals surface area (Å²) in [5.41, 5.74) is 1.39. The maximum atomic E-state index is 5.94. The quantitative estimate of drug-likeness (QED) is 0.382. The number of hydrogen-bond acceptors (Lipinski definition) is 1. The molecular weight excluding hydrogens is 244 g/mol. The first-order valence-electron chi connectivity index (χ1n) is 7.97. The summed E-state index contributed by atoms with van der Waals surface area (Å²) in [6.45, 7) is 10.1. The van der Waals surface area contributed by atoms with Crippen LogP contribution in [0.25, 0.3) is 0 Å². The van der Waals surface area contributed by atoms with Crippen LogP contribution in [0.3, 0.4) is 0 Å². The van der Waals surface area contributed by atoms with Gasteiger partial charge in [-0.1, -0.05) is 75.9 Å².